The molecule has 0 aromatic carbocycles. The van der Waals surface area contributed by atoms with Crippen LogP contribution in [0.3, 0.4) is 0 Å². The number of allylic oxidation sites excluding steroid dienone is 3. The van der Waals surface area contributed by atoms with Gasteiger partial charge in [-0.25, -0.2) is 5.01 Å². The smallest absolute Gasteiger partial charge is 0.267 e. The first-order valence-corrected chi connectivity index (χ1v) is 5.06. The molecular formula is C11H13F3N2O. The Labute approximate surface area is 97.3 Å². The Balaban J connectivity index is 3.04. The number of carbonyl (C=O) groups excluding carboxylic acids is 1. The Hall–Kier alpha value is -1.59. The molecule has 0 unspecified atom stereocenters. The molecule has 1 heterocycles. The number of halogens is 3. The van der Waals surface area contributed by atoms with Gasteiger partial charge in [-0.1, -0.05) is 26.0 Å². The van der Waals surface area contributed by atoms with Crippen LogP contribution < -0.4 is 0 Å². The second-order valence-electron chi connectivity index (χ2n) is 3.98. The number of hydrogen-bond acceptors (Lipinski definition) is 2. The lowest BCUT2D eigenvalue weighted by atomic mass is 10.1. The van der Waals surface area contributed by atoms with Crippen molar-refractivity contribution >= 4 is 11.6 Å². The highest BCUT2D eigenvalue weighted by Gasteiger charge is 2.45. The summed E-state index contributed by atoms with van der Waals surface area (Å²) in [6, 6.07) is 0. The summed E-state index contributed by atoms with van der Waals surface area (Å²) < 4.78 is 37.7. The average Bonchev–Trinajstić information content (AvgIpc) is 2.44. The minimum atomic E-state index is -4.61. The Morgan fingerprint density at radius 3 is 2.41 bits per heavy atom. The summed E-state index contributed by atoms with van der Waals surface area (Å²) in [5.74, 6) is -0.543. The molecule has 0 radical (unpaired) electrons. The Bertz CT molecular complexity index is 405. The van der Waals surface area contributed by atoms with Crippen LogP contribution >= 0.6 is 0 Å². The van der Waals surface area contributed by atoms with Crippen LogP contribution in [0.2, 0.25) is 0 Å². The van der Waals surface area contributed by atoms with Gasteiger partial charge in [-0.05, 0) is 12.0 Å². The summed E-state index contributed by atoms with van der Waals surface area (Å²) in [7, 11) is 1.20. The van der Waals surface area contributed by atoms with E-state index < -0.39 is 23.4 Å². The summed E-state index contributed by atoms with van der Waals surface area (Å²) in [5, 5.41) is 3.89. The van der Waals surface area contributed by atoms with E-state index in [2.05, 4.69) is 5.10 Å². The maximum atomic E-state index is 12.6. The minimum Gasteiger partial charge on any atom is -0.267 e. The van der Waals surface area contributed by atoms with Gasteiger partial charge in [0.25, 0.3) is 5.91 Å². The summed E-state index contributed by atoms with van der Waals surface area (Å²) in [5.41, 5.74) is -1.56. The van der Waals surface area contributed by atoms with Crippen molar-refractivity contribution in [2.45, 2.75) is 20.0 Å². The number of hydrogen-bond donors (Lipinski definition) is 0. The highest BCUT2D eigenvalue weighted by molar-refractivity contribution is 6.26. The van der Waals surface area contributed by atoms with Gasteiger partial charge in [0.15, 0.2) is 5.71 Å². The van der Waals surface area contributed by atoms with Crippen LogP contribution in [0.25, 0.3) is 0 Å². The van der Waals surface area contributed by atoms with Crippen molar-refractivity contribution in [2.75, 3.05) is 7.05 Å². The van der Waals surface area contributed by atoms with Gasteiger partial charge in [0, 0.05) is 7.05 Å². The molecule has 0 fully saturated rings. The lowest BCUT2D eigenvalue weighted by Gasteiger charge is -2.04. The van der Waals surface area contributed by atoms with Crippen molar-refractivity contribution in [3.05, 3.63) is 23.8 Å². The molecule has 1 aliphatic rings. The SMILES string of the molecule is CC(C)/C=C/C=C1/C(=O)N(C)N=C1C(F)(F)F. The predicted molar refractivity (Wildman–Crippen MR) is 58.3 cm³/mol. The van der Waals surface area contributed by atoms with E-state index in [1.54, 1.807) is 6.08 Å². The number of nitrogens with zero attached hydrogens (tertiary/aromatic N) is 2. The Morgan fingerprint density at radius 2 is 1.94 bits per heavy atom. The van der Waals surface area contributed by atoms with Crippen molar-refractivity contribution < 1.29 is 18.0 Å². The number of carbonyl (C=O) groups is 1. The molecule has 94 valence electrons. The number of rotatable bonds is 2. The third-order valence-corrected chi connectivity index (χ3v) is 2.06. The minimum absolute atomic E-state index is 0.201. The molecule has 0 aliphatic carbocycles. The van der Waals surface area contributed by atoms with Gasteiger partial charge in [-0.2, -0.15) is 18.3 Å². The van der Waals surface area contributed by atoms with Gasteiger partial charge >= 0.3 is 6.18 Å². The molecule has 0 saturated heterocycles. The first-order chi connectivity index (χ1) is 7.73. The fourth-order valence-electron chi connectivity index (χ4n) is 1.26. The van der Waals surface area contributed by atoms with Crippen LogP contribution in [-0.4, -0.2) is 29.9 Å². The van der Waals surface area contributed by atoms with E-state index in [-0.39, 0.29) is 5.92 Å². The Morgan fingerprint density at radius 1 is 1.35 bits per heavy atom. The van der Waals surface area contributed by atoms with Crippen LogP contribution in [-0.2, 0) is 4.79 Å². The molecule has 0 aromatic rings. The Kier molecular flexibility index (Phi) is 3.75. The molecule has 0 spiro atoms. The molecule has 3 nitrogen and oxygen atoms in total. The second-order valence-corrected chi connectivity index (χ2v) is 3.98. The van der Waals surface area contributed by atoms with Gasteiger partial charge in [-0.15, -0.1) is 0 Å². The van der Waals surface area contributed by atoms with E-state index in [1.807, 2.05) is 13.8 Å². The summed E-state index contributed by atoms with van der Waals surface area (Å²) in [6.45, 7) is 3.77. The van der Waals surface area contributed by atoms with Gasteiger partial charge in [0.2, 0.25) is 0 Å². The lowest BCUT2D eigenvalue weighted by molar-refractivity contribution is -0.124. The molecule has 6 heteroatoms. The standard InChI is InChI=1S/C11H13F3N2O/c1-7(2)5-4-6-8-9(11(12,13)14)15-16(3)10(8)17/h4-7H,1-3H3/b5-4+,8-6+. The molecule has 0 aromatic heterocycles. The van der Waals surface area contributed by atoms with E-state index in [4.69, 9.17) is 0 Å². The summed E-state index contributed by atoms with van der Waals surface area (Å²) >= 11 is 0. The van der Waals surface area contributed by atoms with Crippen LogP contribution in [0, 0.1) is 5.92 Å². The third-order valence-electron chi connectivity index (χ3n) is 2.06. The van der Waals surface area contributed by atoms with Crippen LogP contribution in [0.4, 0.5) is 13.2 Å². The van der Waals surface area contributed by atoms with Crippen molar-refractivity contribution in [1.82, 2.24) is 5.01 Å². The van der Waals surface area contributed by atoms with E-state index >= 15 is 0 Å². The topological polar surface area (TPSA) is 32.7 Å². The van der Waals surface area contributed by atoms with E-state index in [0.29, 0.717) is 5.01 Å². The zero-order valence-corrected chi connectivity index (χ0v) is 9.75. The van der Waals surface area contributed by atoms with Crippen molar-refractivity contribution in [3.63, 3.8) is 0 Å². The fourth-order valence-corrected chi connectivity index (χ4v) is 1.26. The highest BCUT2D eigenvalue weighted by Crippen LogP contribution is 2.27. The molecule has 1 rings (SSSR count). The quantitative estimate of drug-likeness (QED) is 0.689. The van der Waals surface area contributed by atoms with Crippen LogP contribution in [0.5, 0.6) is 0 Å². The second kappa shape index (κ2) is 4.73. The van der Waals surface area contributed by atoms with Gasteiger partial charge in [-0.3, -0.25) is 4.79 Å². The number of alkyl halides is 3. The van der Waals surface area contributed by atoms with E-state index in [1.165, 1.54) is 13.1 Å². The number of amides is 1. The molecule has 0 atom stereocenters. The van der Waals surface area contributed by atoms with Gasteiger partial charge < -0.3 is 0 Å². The van der Waals surface area contributed by atoms with Crippen molar-refractivity contribution in [3.8, 4) is 0 Å². The maximum Gasteiger partial charge on any atom is 0.435 e. The number of hydrazone groups is 1. The van der Waals surface area contributed by atoms with E-state index in [9.17, 15) is 18.0 Å². The molecule has 0 N–H and O–H groups in total. The van der Waals surface area contributed by atoms with Crippen LogP contribution in [0.15, 0.2) is 28.9 Å². The molecule has 0 saturated carbocycles. The molecule has 1 amide bonds. The highest BCUT2D eigenvalue weighted by atomic mass is 19.4. The number of likely N-dealkylation sites (N-methyl/N-ethyl adjacent to an activating group) is 1. The molecule has 0 bridgehead atoms. The van der Waals surface area contributed by atoms with Gasteiger partial charge in [0.05, 0.1) is 5.57 Å². The molecule has 17 heavy (non-hydrogen) atoms. The summed E-state index contributed by atoms with van der Waals surface area (Å²) in [6.07, 6.45) is -0.318. The largest absolute Gasteiger partial charge is 0.435 e. The predicted octanol–water partition coefficient (Wildman–Crippen LogP) is 2.52. The summed E-state index contributed by atoms with van der Waals surface area (Å²) in [4.78, 5) is 11.4. The maximum absolute atomic E-state index is 12.6. The fraction of sp³-hybridized carbons (Fsp3) is 0.455. The van der Waals surface area contributed by atoms with Crippen molar-refractivity contribution in [1.29, 1.82) is 0 Å². The van der Waals surface area contributed by atoms with Crippen molar-refractivity contribution in [2.24, 2.45) is 11.0 Å². The first-order valence-electron chi connectivity index (χ1n) is 5.06. The first kappa shape index (κ1) is 13.5. The average molecular weight is 246 g/mol. The molecule has 1 aliphatic heterocycles. The van der Waals surface area contributed by atoms with Gasteiger partial charge in [0.1, 0.15) is 0 Å². The van der Waals surface area contributed by atoms with Crippen LogP contribution in [0.1, 0.15) is 13.8 Å². The molecular weight excluding hydrogens is 233 g/mol. The normalized spacial score (nSPS) is 19.9. The monoisotopic (exact) mass is 246 g/mol. The zero-order valence-electron chi connectivity index (χ0n) is 9.75. The lowest BCUT2D eigenvalue weighted by Crippen LogP contribution is -2.24. The van der Waals surface area contributed by atoms with E-state index in [0.717, 1.165) is 6.08 Å². The zero-order chi connectivity index (χ0) is 13.2. The third kappa shape index (κ3) is 3.18.